The molecule has 0 aromatic rings. The lowest BCUT2D eigenvalue weighted by Gasteiger charge is -2.40. The highest BCUT2D eigenvalue weighted by Gasteiger charge is 2.33. The van der Waals surface area contributed by atoms with Crippen LogP contribution < -0.4 is 5.32 Å². The third-order valence-corrected chi connectivity index (χ3v) is 3.99. The van der Waals surface area contributed by atoms with Crippen molar-refractivity contribution in [3.05, 3.63) is 0 Å². The average molecular weight is 197 g/mol. The lowest BCUT2D eigenvalue weighted by atomic mass is 9.67. The normalized spacial score (nSPS) is 23.4. The quantitative estimate of drug-likeness (QED) is 0.710. The average Bonchev–Trinajstić information content (AvgIpc) is 2.20. The Morgan fingerprint density at radius 3 is 2.36 bits per heavy atom. The maximum Gasteiger partial charge on any atom is 0.000481 e. The molecular weight excluding hydrogens is 170 g/mol. The molecule has 14 heavy (non-hydrogen) atoms. The van der Waals surface area contributed by atoms with Crippen LogP contribution in [-0.4, -0.2) is 13.6 Å². The largest absolute Gasteiger partial charge is 0.319 e. The minimum Gasteiger partial charge on any atom is -0.319 e. The van der Waals surface area contributed by atoms with E-state index in [4.69, 9.17) is 0 Å². The molecule has 1 saturated carbocycles. The number of hydrogen-bond acceptors (Lipinski definition) is 1. The predicted octanol–water partition coefficient (Wildman–Crippen LogP) is 3.59. The van der Waals surface area contributed by atoms with Crippen molar-refractivity contribution in [2.24, 2.45) is 11.3 Å². The van der Waals surface area contributed by atoms with Crippen LogP contribution >= 0.6 is 0 Å². The van der Waals surface area contributed by atoms with Crippen molar-refractivity contribution in [2.75, 3.05) is 13.6 Å². The van der Waals surface area contributed by atoms with Gasteiger partial charge in [-0.25, -0.2) is 0 Å². The molecule has 1 heteroatoms. The summed E-state index contributed by atoms with van der Waals surface area (Å²) in [7, 11) is 2.09. The smallest absolute Gasteiger partial charge is 0.000481 e. The summed E-state index contributed by atoms with van der Waals surface area (Å²) < 4.78 is 0. The monoisotopic (exact) mass is 197 g/mol. The van der Waals surface area contributed by atoms with Crippen LogP contribution in [0.15, 0.2) is 0 Å². The van der Waals surface area contributed by atoms with E-state index in [1.807, 2.05) is 0 Å². The van der Waals surface area contributed by atoms with Crippen LogP contribution in [0.2, 0.25) is 0 Å². The summed E-state index contributed by atoms with van der Waals surface area (Å²) in [5.74, 6) is 0.976. The highest BCUT2D eigenvalue weighted by Crippen LogP contribution is 2.41. The summed E-state index contributed by atoms with van der Waals surface area (Å²) in [6.07, 6.45) is 10.1. The fraction of sp³-hybridized carbons (Fsp3) is 1.00. The van der Waals surface area contributed by atoms with Gasteiger partial charge < -0.3 is 5.32 Å². The van der Waals surface area contributed by atoms with Gasteiger partial charge >= 0.3 is 0 Å². The molecule has 0 amide bonds. The van der Waals surface area contributed by atoms with Gasteiger partial charge in [-0.1, -0.05) is 39.5 Å². The second-order valence-corrected chi connectivity index (χ2v) is 5.27. The molecule has 1 atom stereocenters. The van der Waals surface area contributed by atoms with Gasteiger partial charge in [0.05, 0.1) is 0 Å². The minimum atomic E-state index is 0.559. The summed E-state index contributed by atoms with van der Waals surface area (Å²) in [6, 6.07) is 0. The fourth-order valence-corrected chi connectivity index (χ4v) is 3.21. The lowest BCUT2D eigenvalue weighted by Crippen LogP contribution is -2.37. The van der Waals surface area contributed by atoms with Crippen LogP contribution in [-0.2, 0) is 0 Å². The number of nitrogens with one attached hydrogen (secondary N) is 1. The van der Waals surface area contributed by atoms with Crippen LogP contribution in [0.4, 0.5) is 0 Å². The molecule has 0 radical (unpaired) electrons. The van der Waals surface area contributed by atoms with E-state index >= 15 is 0 Å². The molecule has 1 fully saturated rings. The van der Waals surface area contributed by atoms with Gasteiger partial charge in [0.2, 0.25) is 0 Å². The van der Waals surface area contributed by atoms with Crippen molar-refractivity contribution in [1.82, 2.24) is 5.32 Å². The van der Waals surface area contributed by atoms with E-state index in [1.54, 1.807) is 0 Å². The summed E-state index contributed by atoms with van der Waals surface area (Å²) in [5.41, 5.74) is 0.559. The Labute approximate surface area is 89.7 Å². The van der Waals surface area contributed by atoms with E-state index in [-0.39, 0.29) is 0 Å². The second kappa shape index (κ2) is 5.75. The molecule has 0 bridgehead atoms. The van der Waals surface area contributed by atoms with E-state index in [0.29, 0.717) is 5.41 Å². The topological polar surface area (TPSA) is 12.0 Å². The SMILES string of the molecule is CCCC(C)(CNC)C1CCCCC1. The van der Waals surface area contributed by atoms with Crippen molar-refractivity contribution in [3.63, 3.8) is 0 Å². The van der Waals surface area contributed by atoms with E-state index < -0.39 is 0 Å². The highest BCUT2D eigenvalue weighted by molar-refractivity contribution is 4.85. The molecule has 0 aromatic heterocycles. The summed E-state index contributed by atoms with van der Waals surface area (Å²) >= 11 is 0. The van der Waals surface area contributed by atoms with Gasteiger partial charge in [-0.3, -0.25) is 0 Å². The lowest BCUT2D eigenvalue weighted by molar-refractivity contribution is 0.123. The molecule has 0 spiro atoms. The first-order valence-electron chi connectivity index (χ1n) is 6.37. The summed E-state index contributed by atoms with van der Waals surface area (Å²) in [5, 5.41) is 3.39. The summed E-state index contributed by atoms with van der Waals surface area (Å²) in [4.78, 5) is 0. The molecule has 0 aliphatic heterocycles. The minimum absolute atomic E-state index is 0.559. The zero-order valence-electron chi connectivity index (χ0n) is 10.2. The zero-order valence-corrected chi connectivity index (χ0v) is 10.2. The van der Waals surface area contributed by atoms with Crippen LogP contribution in [0.1, 0.15) is 58.8 Å². The molecule has 1 rings (SSSR count). The first kappa shape index (κ1) is 12.0. The molecule has 1 nitrogen and oxygen atoms in total. The van der Waals surface area contributed by atoms with Crippen molar-refractivity contribution in [3.8, 4) is 0 Å². The van der Waals surface area contributed by atoms with Gasteiger partial charge in [-0.05, 0) is 37.6 Å². The Bertz CT molecular complexity index is 141. The standard InChI is InChI=1S/C13H27N/c1-4-10-13(2,11-14-3)12-8-6-5-7-9-12/h12,14H,4-11H2,1-3H3. The van der Waals surface area contributed by atoms with Crippen LogP contribution in [0, 0.1) is 11.3 Å². The maximum absolute atomic E-state index is 3.39. The van der Waals surface area contributed by atoms with Gasteiger partial charge in [0.15, 0.2) is 0 Å². The van der Waals surface area contributed by atoms with Crippen LogP contribution in [0.25, 0.3) is 0 Å². The van der Waals surface area contributed by atoms with Crippen molar-refractivity contribution < 1.29 is 0 Å². The van der Waals surface area contributed by atoms with E-state index in [0.717, 1.165) is 5.92 Å². The van der Waals surface area contributed by atoms with Crippen molar-refractivity contribution >= 4 is 0 Å². The molecule has 0 saturated heterocycles. The van der Waals surface area contributed by atoms with Crippen molar-refractivity contribution in [2.45, 2.75) is 58.8 Å². The Morgan fingerprint density at radius 1 is 1.21 bits per heavy atom. The highest BCUT2D eigenvalue weighted by atomic mass is 14.8. The van der Waals surface area contributed by atoms with E-state index in [9.17, 15) is 0 Å². The van der Waals surface area contributed by atoms with Gasteiger partial charge in [-0.15, -0.1) is 0 Å². The van der Waals surface area contributed by atoms with Gasteiger partial charge in [0.25, 0.3) is 0 Å². The molecule has 1 N–H and O–H groups in total. The molecule has 84 valence electrons. The fourth-order valence-electron chi connectivity index (χ4n) is 3.21. The predicted molar refractivity (Wildman–Crippen MR) is 63.5 cm³/mol. The zero-order chi connectivity index (χ0) is 10.4. The maximum atomic E-state index is 3.39. The Hall–Kier alpha value is -0.0400. The van der Waals surface area contributed by atoms with Crippen molar-refractivity contribution in [1.29, 1.82) is 0 Å². The Balaban J connectivity index is 2.54. The third-order valence-electron chi connectivity index (χ3n) is 3.99. The Kier molecular flexibility index (Phi) is 4.94. The van der Waals surface area contributed by atoms with E-state index in [1.165, 1.54) is 51.5 Å². The molecule has 1 aliphatic carbocycles. The number of hydrogen-bond donors (Lipinski definition) is 1. The molecule has 0 heterocycles. The van der Waals surface area contributed by atoms with E-state index in [2.05, 4.69) is 26.2 Å². The second-order valence-electron chi connectivity index (χ2n) is 5.27. The molecule has 0 aromatic carbocycles. The third kappa shape index (κ3) is 2.98. The molecule has 1 aliphatic rings. The molecule has 1 unspecified atom stereocenters. The molecular formula is C13H27N. The number of rotatable bonds is 5. The summed E-state index contributed by atoms with van der Waals surface area (Å²) in [6.45, 7) is 6.01. The van der Waals surface area contributed by atoms with Gasteiger partial charge in [0.1, 0.15) is 0 Å². The first-order valence-corrected chi connectivity index (χ1v) is 6.37. The van der Waals surface area contributed by atoms with Crippen LogP contribution in [0.3, 0.4) is 0 Å². The van der Waals surface area contributed by atoms with Gasteiger partial charge in [-0.2, -0.15) is 0 Å². The first-order chi connectivity index (χ1) is 6.73. The van der Waals surface area contributed by atoms with Crippen LogP contribution in [0.5, 0.6) is 0 Å². The Morgan fingerprint density at radius 2 is 1.86 bits per heavy atom. The van der Waals surface area contributed by atoms with Gasteiger partial charge in [0, 0.05) is 6.54 Å².